The molecule has 0 amide bonds. The molecule has 0 saturated carbocycles. The highest BCUT2D eigenvalue weighted by atomic mass is 35.5. The second-order valence-corrected chi connectivity index (χ2v) is 4.61. The maximum absolute atomic E-state index is 5.86. The SMILES string of the molecule is Cc1ccc(Oc2nc(Cl)nc3nc[nH]c23)c(C)c1. The Bertz CT molecular complexity index is 753. The van der Waals surface area contributed by atoms with Gasteiger partial charge in [-0.15, -0.1) is 0 Å². The number of H-pyrrole nitrogens is 1. The summed E-state index contributed by atoms with van der Waals surface area (Å²) in [6.07, 6.45) is 1.53. The van der Waals surface area contributed by atoms with Gasteiger partial charge < -0.3 is 9.72 Å². The Morgan fingerprint density at radius 2 is 2.05 bits per heavy atom. The first-order valence-corrected chi connectivity index (χ1v) is 6.13. The molecule has 0 aliphatic heterocycles. The van der Waals surface area contributed by atoms with Crippen LogP contribution in [0.4, 0.5) is 0 Å². The van der Waals surface area contributed by atoms with E-state index in [9.17, 15) is 0 Å². The molecule has 2 aromatic heterocycles. The van der Waals surface area contributed by atoms with Crippen molar-refractivity contribution in [2.45, 2.75) is 13.8 Å². The largest absolute Gasteiger partial charge is 0.437 e. The first-order valence-electron chi connectivity index (χ1n) is 5.75. The van der Waals surface area contributed by atoms with Crippen LogP contribution < -0.4 is 4.74 Å². The van der Waals surface area contributed by atoms with Gasteiger partial charge in [-0.2, -0.15) is 9.97 Å². The van der Waals surface area contributed by atoms with Gasteiger partial charge in [0.2, 0.25) is 11.2 Å². The van der Waals surface area contributed by atoms with E-state index in [0.29, 0.717) is 17.0 Å². The van der Waals surface area contributed by atoms with Crippen LogP contribution in [0.25, 0.3) is 11.2 Å². The van der Waals surface area contributed by atoms with E-state index in [4.69, 9.17) is 16.3 Å². The Labute approximate surface area is 114 Å². The number of aromatic nitrogens is 4. The topological polar surface area (TPSA) is 63.7 Å². The minimum atomic E-state index is 0.111. The van der Waals surface area contributed by atoms with Crippen molar-refractivity contribution < 1.29 is 4.74 Å². The zero-order chi connectivity index (χ0) is 13.4. The van der Waals surface area contributed by atoms with Crippen LogP contribution in [0.5, 0.6) is 11.6 Å². The number of nitrogens with zero attached hydrogens (tertiary/aromatic N) is 3. The van der Waals surface area contributed by atoms with E-state index in [1.54, 1.807) is 0 Å². The van der Waals surface area contributed by atoms with E-state index in [1.807, 2.05) is 32.0 Å². The predicted octanol–water partition coefficient (Wildman–Crippen LogP) is 3.42. The molecule has 3 aromatic rings. The number of ether oxygens (including phenoxy) is 1. The summed E-state index contributed by atoms with van der Waals surface area (Å²) in [6.45, 7) is 4.01. The average Bonchev–Trinajstić information content (AvgIpc) is 2.80. The number of halogens is 1. The molecule has 0 aliphatic carbocycles. The molecule has 3 rings (SSSR count). The molecule has 0 radical (unpaired) electrons. The highest BCUT2D eigenvalue weighted by Gasteiger charge is 2.12. The molecule has 2 heterocycles. The molecule has 0 bridgehead atoms. The van der Waals surface area contributed by atoms with Gasteiger partial charge in [-0.3, -0.25) is 0 Å². The zero-order valence-corrected chi connectivity index (χ0v) is 11.2. The highest BCUT2D eigenvalue weighted by Crippen LogP contribution is 2.28. The summed E-state index contributed by atoms with van der Waals surface area (Å²) in [5.41, 5.74) is 3.32. The summed E-state index contributed by atoms with van der Waals surface area (Å²) in [7, 11) is 0. The van der Waals surface area contributed by atoms with Crippen LogP contribution in [0.3, 0.4) is 0 Å². The van der Waals surface area contributed by atoms with Gasteiger partial charge in [-0.05, 0) is 37.1 Å². The number of imidazole rings is 1. The van der Waals surface area contributed by atoms with Crippen molar-refractivity contribution >= 4 is 22.8 Å². The van der Waals surface area contributed by atoms with Gasteiger partial charge in [0.15, 0.2) is 5.65 Å². The van der Waals surface area contributed by atoms with Crippen molar-refractivity contribution in [1.29, 1.82) is 0 Å². The summed E-state index contributed by atoms with van der Waals surface area (Å²) in [6, 6.07) is 5.93. The van der Waals surface area contributed by atoms with Gasteiger partial charge in [-0.25, -0.2) is 4.98 Å². The minimum Gasteiger partial charge on any atom is -0.437 e. The standard InChI is InChI=1S/C13H11ClN4O/c1-7-3-4-9(8(2)5-7)19-12-10-11(16-6-15-10)17-13(14)18-12/h3-6H,1-2H3,(H,15,16,17,18). The summed E-state index contributed by atoms with van der Waals surface area (Å²) < 4.78 is 5.81. The van der Waals surface area contributed by atoms with Crippen molar-refractivity contribution in [2.75, 3.05) is 0 Å². The lowest BCUT2D eigenvalue weighted by atomic mass is 10.1. The van der Waals surface area contributed by atoms with Crippen molar-refractivity contribution in [3.8, 4) is 11.6 Å². The van der Waals surface area contributed by atoms with Crippen LogP contribution in [0.2, 0.25) is 5.28 Å². The molecule has 0 unspecified atom stereocenters. The van der Waals surface area contributed by atoms with E-state index in [-0.39, 0.29) is 5.28 Å². The van der Waals surface area contributed by atoms with Crippen LogP contribution in [-0.4, -0.2) is 19.9 Å². The molecular weight excluding hydrogens is 264 g/mol. The van der Waals surface area contributed by atoms with E-state index in [2.05, 4.69) is 19.9 Å². The van der Waals surface area contributed by atoms with Gasteiger partial charge in [0, 0.05) is 0 Å². The maximum atomic E-state index is 5.86. The van der Waals surface area contributed by atoms with Crippen LogP contribution >= 0.6 is 11.6 Å². The quantitative estimate of drug-likeness (QED) is 0.727. The lowest BCUT2D eigenvalue weighted by molar-refractivity contribution is 0.463. The van der Waals surface area contributed by atoms with Gasteiger partial charge in [-0.1, -0.05) is 17.7 Å². The first kappa shape index (κ1) is 11.9. The summed E-state index contributed by atoms with van der Waals surface area (Å²) in [4.78, 5) is 15.1. The molecule has 0 atom stereocenters. The third kappa shape index (κ3) is 2.24. The molecule has 0 saturated heterocycles. The third-order valence-corrected chi connectivity index (χ3v) is 2.93. The second-order valence-electron chi connectivity index (χ2n) is 4.27. The van der Waals surface area contributed by atoms with Crippen molar-refractivity contribution in [3.63, 3.8) is 0 Å². The number of rotatable bonds is 2. The van der Waals surface area contributed by atoms with Crippen LogP contribution in [0, 0.1) is 13.8 Å². The molecule has 0 spiro atoms. The van der Waals surface area contributed by atoms with Crippen LogP contribution in [-0.2, 0) is 0 Å². The Hall–Kier alpha value is -2.14. The lowest BCUT2D eigenvalue weighted by Crippen LogP contribution is -1.94. The van der Waals surface area contributed by atoms with Crippen molar-refractivity contribution in [1.82, 2.24) is 19.9 Å². The number of benzene rings is 1. The van der Waals surface area contributed by atoms with Crippen molar-refractivity contribution in [3.05, 3.63) is 40.9 Å². The van der Waals surface area contributed by atoms with Crippen LogP contribution in [0.1, 0.15) is 11.1 Å². The Kier molecular flexibility index (Phi) is 2.83. The molecule has 0 aliphatic rings. The van der Waals surface area contributed by atoms with E-state index >= 15 is 0 Å². The minimum absolute atomic E-state index is 0.111. The Morgan fingerprint density at radius 1 is 1.21 bits per heavy atom. The molecule has 0 fully saturated rings. The smallest absolute Gasteiger partial charge is 0.250 e. The maximum Gasteiger partial charge on any atom is 0.250 e. The molecular formula is C13H11ClN4O. The average molecular weight is 275 g/mol. The van der Waals surface area contributed by atoms with E-state index in [0.717, 1.165) is 11.3 Å². The van der Waals surface area contributed by atoms with Gasteiger partial charge in [0.05, 0.1) is 6.33 Å². The molecule has 6 heteroatoms. The molecule has 1 aromatic carbocycles. The second kappa shape index (κ2) is 4.51. The summed E-state index contributed by atoms with van der Waals surface area (Å²) in [5.74, 6) is 1.11. The molecule has 96 valence electrons. The molecule has 5 nitrogen and oxygen atoms in total. The fourth-order valence-electron chi connectivity index (χ4n) is 1.87. The van der Waals surface area contributed by atoms with Crippen molar-refractivity contribution in [2.24, 2.45) is 0 Å². The third-order valence-electron chi connectivity index (χ3n) is 2.76. The van der Waals surface area contributed by atoms with E-state index in [1.165, 1.54) is 11.9 Å². The Balaban J connectivity index is 2.07. The van der Waals surface area contributed by atoms with Gasteiger partial charge in [0.25, 0.3) is 0 Å². The van der Waals surface area contributed by atoms with Gasteiger partial charge >= 0.3 is 0 Å². The molecule has 19 heavy (non-hydrogen) atoms. The number of nitrogens with one attached hydrogen (secondary N) is 1. The number of aromatic amines is 1. The molecule has 1 N–H and O–H groups in total. The predicted molar refractivity (Wildman–Crippen MR) is 72.7 cm³/mol. The summed E-state index contributed by atoms with van der Waals surface area (Å²) in [5, 5.41) is 0.111. The van der Waals surface area contributed by atoms with Gasteiger partial charge in [0.1, 0.15) is 11.3 Å². The fourth-order valence-corrected chi connectivity index (χ4v) is 2.03. The first-order chi connectivity index (χ1) is 9.13. The zero-order valence-electron chi connectivity index (χ0n) is 10.4. The van der Waals surface area contributed by atoms with Crippen LogP contribution in [0.15, 0.2) is 24.5 Å². The number of hydrogen-bond acceptors (Lipinski definition) is 4. The number of aryl methyl sites for hydroxylation is 2. The monoisotopic (exact) mass is 274 g/mol. The van der Waals surface area contributed by atoms with E-state index < -0.39 is 0 Å². The normalized spacial score (nSPS) is 10.9. The summed E-state index contributed by atoms with van der Waals surface area (Å²) >= 11 is 5.86. The number of fused-ring (bicyclic) bond motifs is 1. The fraction of sp³-hybridized carbons (Fsp3) is 0.154. The highest BCUT2D eigenvalue weighted by molar-refractivity contribution is 6.28. The lowest BCUT2D eigenvalue weighted by Gasteiger charge is -2.09. The Morgan fingerprint density at radius 3 is 2.84 bits per heavy atom. The number of hydrogen-bond donors (Lipinski definition) is 1.